The van der Waals surface area contributed by atoms with E-state index in [9.17, 15) is 9.50 Å². The van der Waals surface area contributed by atoms with Crippen LogP contribution in [-0.4, -0.2) is 47.0 Å². The van der Waals surface area contributed by atoms with Gasteiger partial charge in [0.2, 0.25) is 5.89 Å². The average molecular weight is 412 g/mol. The third-order valence-electron chi connectivity index (χ3n) is 4.46. The molecule has 0 bridgehead atoms. The van der Waals surface area contributed by atoms with Gasteiger partial charge in [0.05, 0.1) is 18.7 Å². The van der Waals surface area contributed by atoms with Crippen molar-refractivity contribution < 1.29 is 23.3 Å². The Balaban J connectivity index is 1.48. The van der Waals surface area contributed by atoms with Crippen LogP contribution in [0.2, 0.25) is 0 Å². The molecule has 10 heteroatoms. The fourth-order valence-corrected chi connectivity index (χ4v) is 2.93. The Morgan fingerprint density at radius 3 is 2.87 bits per heavy atom. The molecule has 3 N–H and O–H groups in total. The topological polar surface area (TPSA) is 113 Å². The number of nitrogens with zero attached hydrogens (tertiary/aromatic N) is 5. The Bertz CT molecular complexity index is 1040. The number of halogens is 1. The van der Waals surface area contributed by atoms with Crippen LogP contribution in [0.1, 0.15) is 37.2 Å². The summed E-state index contributed by atoms with van der Waals surface area (Å²) in [6.07, 6.45) is 2.14. The lowest BCUT2D eigenvalue weighted by atomic mass is 10.1. The van der Waals surface area contributed by atoms with Crippen LogP contribution in [0.25, 0.3) is 0 Å². The van der Waals surface area contributed by atoms with Gasteiger partial charge in [0.1, 0.15) is 0 Å². The van der Waals surface area contributed by atoms with Crippen molar-refractivity contribution in [2.24, 2.45) is 0 Å². The second kappa shape index (κ2) is 8.46. The average Bonchev–Trinajstić information content (AvgIpc) is 3.40. The number of nitrogens with one attached hydrogen (secondary N) is 1. The van der Waals surface area contributed by atoms with Crippen molar-refractivity contribution in [3.63, 3.8) is 0 Å². The van der Waals surface area contributed by atoms with Crippen molar-refractivity contribution in [2.45, 2.75) is 32.4 Å². The van der Waals surface area contributed by atoms with E-state index in [0.717, 1.165) is 11.8 Å². The maximum absolute atomic E-state index is 14.3. The van der Waals surface area contributed by atoms with E-state index in [2.05, 4.69) is 30.2 Å². The third-order valence-corrected chi connectivity index (χ3v) is 4.46. The van der Waals surface area contributed by atoms with Crippen molar-refractivity contribution in [1.82, 2.24) is 20.1 Å². The van der Waals surface area contributed by atoms with Crippen LogP contribution in [0.5, 0.6) is 0 Å². The Labute approximate surface area is 172 Å². The summed E-state index contributed by atoms with van der Waals surface area (Å²) in [7, 11) is 0. The van der Waals surface area contributed by atoms with Crippen LogP contribution in [0, 0.1) is 18.5 Å². The number of benzene rings is 1. The van der Waals surface area contributed by atoms with Gasteiger partial charge in [0, 0.05) is 6.10 Å². The van der Waals surface area contributed by atoms with Gasteiger partial charge in [0.15, 0.2) is 11.6 Å². The largest absolute Gasteiger partial charge is 0.752 e. The zero-order valence-electron chi connectivity index (χ0n) is 16.4. The number of ether oxygens (including phenoxy) is 1. The summed E-state index contributed by atoms with van der Waals surface area (Å²) >= 11 is 0. The molecule has 0 unspecified atom stereocenters. The van der Waals surface area contributed by atoms with Crippen LogP contribution < -0.4 is 5.32 Å². The van der Waals surface area contributed by atoms with E-state index < -0.39 is 11.9 Å². The molecule has 3 aromatic rings. The van der Waals surface area contributed by atoms with Crippen LogP contribution in [0.4, 0.5) is 16.2 Å². The van der Waals surface area contributed by atoms with Crippen molar-refractivity contribution in [3.05, 3.63) is 72.3 Å². The van der Waals surface area contributed by atoms with E-state index in [-0.39, 0.29) is 17.8 Å². The van der Waals surface area contributed by atoms with E-state index in [1.165, 1.54) is 17.6 Å². The standard InChI is InChI=1S/C20H21FN6O3/c1-12(18-24-17(30-26-18)8-14-6-4-3-5-7-14)23-20-22-9-15(21)19(25-20)27-11-29-10-16(27)13(2)28/h3-7,9-13,28-29H,8H2,1-2H3,(H,22,23,25)/t12-,13-/m1/s1. The minimum absolute atomic E-state index is 0.0222. The molecule has 4 rings (SSSR count). The maximum Gasteiger partial charge on any atom is 0.325 e. The molecule has 0 radical (unpaired) electrons. The molecule has 3 heterocycles. The molecule has 2 atom stereocenters. The first kappa shape index (κ1) is 19.8. The predicted octanol–water partition coefficient (Wildman–Crippen LogP) is 2.62. The Kier molecular flexibility index (Phi) is 5.57. The number of anilines is 1. The van der Waals surface area contributed by atoms with Gasteiger partial charge < -0.3 is 24.3 Å². The Hall–Kier alpha value is -3.53. The number of aromatic nitrogens is 4. The van der Waals surface area contributed by atoms with Gasteiger partial charge in [-0.1, -0.05) is 46.5 Å². The molecule has 1 aliphatic rings. The molecular weight excluding hydrogens is 391 g/mol. The van der Waals surface area contributed by atoms with Crippen molar-refractivity contribution in [3.8, 4) is 0 Å². The molecule has 0 fully saturated rings. The van der Waals surface area contributed by atoms with Gasteiger partial charge in [-0.05, 0) is 26.0 Å². The SMILES string of the molecule is C[C@@H](Nc1ncc(F)c([N+]2=C[OH+][CH-][C-]2[C@@H](C)O)n1)c1noc(Cc2ccccc2)n1. The summed E-state index contributed by atoms with van der Waals surface area (Å²) in [5.41, 5.74) is 1.06. The van der Waals surface area contributed by atoms with Gasteiger partial charge >= 0.3 is 5.95 Å². The quantitative estimate of drug-likeness (QED) is 0.348. The first-order valence-electron chi connectivity index (χ1n) is 9.37. The minimum Gasteiger partial charge on any atom is -0.752 e. The fourth-order valence-electron chi connectivity index (χ4n) is 2.93. The van der Waals surface area contributed by atoms with Crippen molar-refractivity contribution in [1.29, 1.82) is 0 Å². The highest BCUT2D eigenvalue weighted by Gasteiger charge is 2.25. The highest BCUT2D eigenvalue weighted by Crippen LogP contribution is 2.27. The summed E-state index contributed by atoms with van der Waals surface area (Å²) in [6.45, 7) is 4.84. The van der Waals surface area contributed by atoms with E-state index in [1.807, 2.05) is 37.3 Å². The van der Waals surface area contributed by atoms with Crippen LogP contribution in [0.3, 0.4) is 0 Å². The summed E-state index contributed by atoms with van der Waals surface area (Å²) < 4.78 is 25.0. The number of hydrogen-bond acceptors (Lipinski definition) is 7. The molecule has 0 saturated heterocycles. The fraction of sp³-hybridized carbons (Fsp3) is 0.250. The molecule has 0 aliphatic carbocycles. The van der Waals surface area contributed by atoms with Gasteiger partial charge in [-0.3, -0.25) is 0 Å². The lowest BCUT2D eigenvalue weighted by Gasteiger charge is -2.24. The molecule has 1 aromatic carbocycles. The van der Waals surface area contributed by atoms with Gasteiger partial charge in [-0.25, -0.2) is 4.39 Å². The highest BCUT2D eigenvalue weighted by molar-refractivity contribution is 5.48. The molecule has 156 valence electrons. The first-order chi connectivity index (χ1) is 14.5. The first-order valence-corrected chi connectivity index (χ1v) is 9.37. The van der Waals surface area contributed by atoms with E-state index in [0.29, 0.717) is 24.2 Å². The maximum atomic E-state index is 14.3. The Morgan fingerprint density at radius 1 is 1.30 bits per heavy atom. The monoisotopic (exact) mass is 412 g/mol. The molecule has 2 aromatic heterocycles. The second-order valence-corrected chi connectivity index (χ2v) is 6.80. The minimum atomic E-state index is -0.834. The molecule has 0 spiro atoms. The molecule has 0 amide bonds. The molecular formula is C20H21FN6O3. The van der Waals surface area contributed by atoms with E-state index in [4.69, 9.17) is 4.52 Å². The van der Waals surface area contributed by atoms with Crippen LogP contribution in [0.15, 0.2) is 41.1 Å². The normalized spacial score (nSPS) is 15.5. The zero-order valence-corrected chi connectivity index (χ0v) is 16.4. The number of aliphatic hydroxyl groups excluding tert-OH is 1. The molecule has 1 aliphatic heterocycles. The Morgan fingerprint density at radius 2 is 2.10 bits per heavy atom. The number of hydrogen-bond donors (Lipinski definition) is 2. The van der Waals surface area contributed by atoms with E-state index in [1.54, 1.807) is 6.92 Å². The van der Waals surface area contributed by atoms with Crippen LogP contribution >= 0.6 is 0 Å². The summed E-state index contributed by atoms with van der Waals surface area (Å²) in [5, 5.41) is 16.9. The lowest BCUT2D eigenvalue weighted by molar-refractivity contribution is -0.428. The molecule has 30 heavy (non-hydrogen) atoms. The smallest absolute Gasteiger partial charge is 0.325 e. The second-order valence-electron chi connectivity index (χ2n) is 6.80. The number of rotatable bonds is 7. The highest BCUT2D eigenvalue weighted by atomic mass is 19.1. The van der Waals surface area contributed by atoms with Gasteiger partial charge in [-0.2, -0.15) is 9.97 Å². The summed E-state index contributed by atoms with van der Waals surface area (Å²) in [6, 6.07) is 9.84. The zero-order chi connectivity index (χ0) is 21.1. The molecule has 9 nitrogen and oxygen atoms in total. The van der Waals surface area contributed by atoms with Crippen molar-refractivity contribution >= 4 is 18.2 Å². The van der Waals surface area contributed by atoms with Gasteiger partial charge in [-0.15, -0.1) is 0 Å². The summed E-state index contributed by atoms with van der Waals surface area (Å²) in [5.74, 6) is 0.440. The third kappa shape index (κ3) is 4.23. The van der Waals surface area contributed by atoms with Crippen molar-refractivity contribution in [2.75, 3.05) is 5.32 Å². The molecule has 0 saturated carbocycles. The van der Waals surface area contributed by atoms with Crippen LogP contribution in [-0.2, 0) is 6.42 Å². The predicted molar refractivity (Wildman–Crippen MR) is 105 cm³/mol. The van der Waals surface area contributed by atoms with E-state index >= 15 is 0 Å². The summed E-state index contributed by atoms with van der Waals surface area (Å²) in [4.78, 5) is 12.6. The van der Waals surface area contributed by atoms with Gasteiger partial charge in [0.25, 0.3) is 12.2 Å². The number of aliphatic hydroxyl groups is 3. The lowest BCUT2D eigenvalue weighted by Crippen LogP contribution is -2.23.